The molecule has 1 atom stereocenters. The van der Waals surface area contributed by atoms with Gasteiger partial charge in [-0.3, -0.25) is 14.9 Å². The van der Waals surface area contributed by atoms with Crippen molar-refractivity contribution >= 4 is 23.4 Å². The molecule has 2 heterocycles. The zero-order valence-electron chi connectivity index (χ0n) is 11.0. The van der Waals surface area contributed by atoms with Crippen molar-refractivity contribution in [3.05, 3.63) is 46.6 Å². The van der Waals surface area contributed by atoms with Crippen LogP contribution in [-0.2, 0) is 22.4 Å². The molecule has 0 bridgehead atoms. The Morgan fingerprint density at radius 3 is 2.71 bits per heavy atom. The molecule has 0 saturated carbocycles. The van der Waals surface area contributed by atoms with Gasteiger partial charge in [-0.1, -0.05) is 28.9 Å². The maximum Gasteiger partial charge on any atom is 0.230 e. The molecule has 108 valence electrons. The lowest BCUT2D eigenvalue weighted by Gasteiger charge is -1.99. The second-order valence-corrected chi connectivity index (χ2v) is 5.36. The molecule has 1 saturated heterocycles. The minimum absolute atomic E-state index is 0.174. The van der Waals surface area contributed by atoms with Gasteiger partial charge in [0.2, 0.25) is 17.7 Å². The average molecular weight is 306 g/mol. The summed E-state index contributed by atoms with van der Waals surface area (Å²) in [6, 6.07) is 7.38. The molecule has 1 unspecified atom stereocenters. The number of benzene rings is 1. The number of halogens is 1. The third-order valence-electron chi connectivity index (χ3n) is 3.27. The van der Waals surface area contributed by atoms with Gasteiger partial charge in [-0.25, -0.2) is 0 Å². The van der Waals surface area contributed by atoms with Crippen molar-refractivity contribution in [2.24, 2.45) is 5.92 Å². The molecule has 0 spiro atoms. The average Bonchev–Trinajstić information content (AvgIpc) is 3.00. The number of nitrogens with one attached hydrogen (secondary N) is 1. The van der Waals surface area contributed by atoms with Gasteiger partial charge >= 0.3 is 0 Å². The van der Waals surface area contributed by atoms with E-state index in [0.29, 0.717) is 23.2 Å². The molecule has 1 N–H and O–H groups in total. The van der Waals surface area contributed by atoms with Crippen molar-refractivity contribution in [3.63, 3.8) is 0 Å². The molecule has 1 aromatic carbocycles. The Labute approximate surface area is 125 Å². The summed E-state index contributed by atoms with van der Waals surface area (Å²) in [6.45, 7) is 0. The van der Waals surface area contributed by atoms with Gasteiger partial charge in [0.25, 0.3) is 0 Å². The lowest BCUT2D eigenvalue weighted by atomic mass is 10.0. The number of imide groups is 1. The topological polar surface area (TPSA) is 85.1 Å². The number of rotatable bonds is 4. The second-order valence-electron chi connectivity index (χ2n) is 4.93. The van der Waals surface area contributed by atoms with E-state index in [0.717, 1.165) is 5.56 Å². The Bertz CT molecular complexity index is 681. The number of aromatic nitrogens is 2. The van der Waals surface area contributed by atoms with Crippen LogP contribution >= 0.6 is 11.6 Å². The van der Waals surface area contributed by atoms with Crippen LogP contribution < -0.4 is 5.32 Å². The van der Waals surface area contributed by atoms with Gasteiger partial charge in [-0.15, -0.1) is 0 Å². The zero-order chi connectivity index (χ0) is 14.8. The summed E-state index contributed by atoms with van der Waals surface area (Å²) in [7, 11) is 0. The van der Waals surface area contributed by atoms with Gasteiger partial charge in [-0.05, 0) is 17.7 Å². The van der Waals surface area contributed by atoms with E-state index in [-0.39, 0.29) is 24.7 Å². The van der Waals surface area contributed by atoms with Gasteiger partial charge in [0.05, 0.1) is 5.92 Å². The molecule has 21 heavy (non-hydrogen) atoms. The van der Waals surface area contributed by atoms with Crippen LogP contribution in [-0.4, -0.2) is 22.0 Å². The summed E-state index contributed by atoms with van der Waals surface area (Å²) < 4.78 is 5.13. The maximum absolute atomic E-state index is 11.5. The highest BCUT2D eigenvalue weighted by Crippen LogP contribution is 2.17. The summed E-state index contributed by atoms with van der Waals surface area (Å²) >= 11 is 5.82. The molecular formula is C14H12ClN3O3. The fourth-order valence-corrected chi connectivity index (χ4v) is 2.34. The molecule has 0 radical (unpaired) electrons. The highest BCUT2D eigenvalue weighted by molar-refractivity contribution is 6.30. The van der Waals surface area contributed by atoms with E-state index >= 15 is 0 Å². The van der Waals surface area contributed by atoms with E-state index in [2.05, 4.69) is 15.5 Å². The van der Waals surface area contributed by atoms with E-state index in [1.165, 1.54) is 0 Å². The van der Waals surface area contributed by atoms with E-state index in [1.54, 1.807) is 12.1 Å². The summed E-state index contributed by atoms with van der Waals surface area (Å²) in [6.07, 6.45) is 0.982. The molecule has 1 fully saturated rings. The number of carbonyl (C=O) groups is 2. The molecule has 1 aliphatic rings. The Hall–Kier alpha value is -2.21. The van der Waals surface area contributed by atoms with Crippen LogP contribution in [0.1, 0.15) is 23.7 Å². The smallest absolute Gasteiger partial charge is 0.230 e. The van der Waals surface area contributed by atoms with Crippen molar-refractivity contribution in [1.82, 2.24) is 15.5 Å². The zero-order valence-corrected chi connectivity index (χ0v) is 11.8. The SMILES string of the molecule is O=C1CC(Cc2nc(Cc3ccc(Cl)cc3)no2)C(=O)N1. The van der Waals surface area contributed by atoms with Crippen LogP contribution in [0, 0.1) is 5.92 Å². The van der Waals surface area contributed by atoms with Crippen LogP contribution in [0.3, 0.4) is 0 Å². The van der Waals surface area contributed by atoms with Crippen molar-refractivity contribution in [3.8, 4) is 0 Å². The number of hydrogen-bond donors (Lipinski definition) is 1. The molecule has 6 nitrogen and oxygen atoms in total. The Balaban J connectivity index is 1.65. The summed E-state index contributed by atoms with van der Waals surface area (Å²) in [5.74, 6) is -0.0458. The molecule has 7 heteroatoms. The molecule has 1 aromatic heterocycles. The molecule has 2 amide bonds. The van der Waals surface area contributed by atoms with Gasteiger partial charge in [0.15, 0.2) is 5.82 Å². The Kier molecular flexibility index (Phi) is 3.70. The van der Waals surface area contributed by atoms with Crippen molar-refractivity contribution in [2.45, 2.75) is 19.3 Å². The molecule has 3 rings (SSSR count). The summed E-state index contributed by atoms with van der Waals surface area (Å²) in [5.41, 5.74) is 1.01. The first-order valence-corrected chi connectivity index (χ1v) is 6.87. The van der Waals surface area contributed by atoms with Crippen molar-refractivity contribution in [1.29, 1.82) is 0 Å². The van der Waals surface area contributed by atoms with Crippen LogP contribution in [0.25, 0.3) is 0 Å². The van der Waals surface area contributed by atoms with Crippen molar-refractivity contribution < 1.29 is 14.1 Å². The fourth-order valence-electron chi connectivity index (χ4n) is 2.21. The predicted molar refractivity (Wildman–Crippen MR) is 73.5 cm³/mol. The van der Waals surface area contributed by atoms with Crippen LogP contribution in [0.2, 0.25) is 5.02 Å². The third kappa shape index (κ3) is 3.28. The number of hydrogen-bond acceptors (Lipinski definition) is 5. The third-order valence-corrected chi connectivity index (χ3v) is 3.52. The lowest BCUT2D eigenvalue weighted by Crippen LogP contribution is -2.22. The Morgan fingerprint density at radius 1 is 1.29 bits per heavy atom. The molecule has 1 aliphatic heterocycles. The number of amides is 2. The molecule has 0 aliphatic carbocycles. The minimum atomic E-state index is -0.415. The van der Waals surface area contributed by atoms with E-state index in [1.807, 2.05) is 12.1 Å². The van der Waals surface area contributed by atoms with Gasteiger partial charge in [0, 0.05) is 24.3 Å². The van der Waals surface area contributed by atoms with E-state index in [9.17, 15) is 9.59 Å². The van der Waals surface area contributed by atoms with Gasteiger partial charge in [-0.2, -0.15) is 4.98 Å². The molecular weight excluding hydrogens is 294 g/mol. The fraction of sp³-hybridized carbons (Fsp3) is 0.286. The monoisotopic (exact) mass is 305 g/mol. The summed E-state index contributed by atoms with van der Waals surface area (Å²) in [4.78, 5) is 26.9. The first-order valence-electron chi connectivity index (χ1n) is 6.50. The van der Waals surface area contributed by atoms with Crippen molar-refractivity contribution in [2.75, 3.05) is 0 Å². The van der Waals surface area contributed by atoms with Crippen LogP contribution in [0.5, 0.6) is 0 Å². The first-order chi connectivity index (χ1) is 10.1. The summed E-state index contributed by atoms with van der Waals surface area (Å²) in [5, 5.41) is 6.81. The van der Waals surface area contributed by atoms with Crippen LogP contribution in [0.15, 0.2) is 28.8 Å². The predicted octanol–water partition coefficient (Wildman–Crippen LogP) is 1.52. The normalized spacial score (nSPS) is 18.0. The molecule has 2 aromatic rings. The second kappa shape index (κ2) is 5.65. The lowest BCUT2D eigenvalue weighted by molar-refractivity contribution is -0.125. The quantitative estimate of drug-likeness (QED) is 0.866. The largest absolute Gasteiger partial charge is 0.339 e. The standard InChI is InChI=1S/C14H12ClN3O3/c15-10-3-1-8(2-4-10)5-11-16-13(21-18-11)7-9-6-12(19)17-14(9)20/h1-4,9H,5-7H2,(H,17,19,20). The van der Waals surface area contributed by atoms with E-state index < -0.39 is 5.92 Å². The maximum atomic E-state index is 11.5. The minimum Gasteiger partial charge on any atom is -0.339 e. The Morgan fingerprint density at radius 2 is 2.05 bits per heavy atom. The van der Waals surface area contributed by atoms with Gasteiger partial charge < -0.3 is 4.52 Å². The van der Waals surface area contributed by atoms with Gasteiger partial charge in [0.1, 0.15) is 0 Å². The highest BCUT2D eigenvalue weighted by atomic mass is 35.5. The van der Waals surface area contributed by atoms with Crippen LogP contribution in [0.4, 0.5) is 0 Å². The number of nitrogens with zero attached hydrogens (tertiary/aromatic N) is 2. The van der Waals surface area contributed by atoms with E-state index in [4.69, 9.17) is 16.1 Å². The number of carbonyl (C=O) groups excluding carboxylic acids is 2. The first kappa shape index (κ1) is 13.8. The highest BCUT2D eigenvalue weighted by Gasteiger charge is 2.32.